The lowest BCUT2D eigenvalue weighted by atomic mass is 9.66. The van der Waals surface area contributed by atoms with Crippen LogP contribution in [0.3, 0.4) is 0 Å². The number of carbonyl (C=O) groups excluding carboxylic acids is 1. The van der Waals surface area contributed by atoms with Gasteiger partial charge < -0.3 is 10.0 Å². The van der Waals surface area contributed by atoms with Crippen LogP contribution in [0.5, 0.6) is 0 Å². The normalized spacial score (nSPS) is 27.6. The Morgan fingerprint density at radius 2 is 1.75 bits per heavy atom. The van der Waals surface area contributed by atoms with E-state index in [0.29, 0.717) is 6.54 Å². The second kappa shape index (κ2) is 3.93. The number of benzene rings is 2. The molecular weight excluding hydrogens is 250 g/mol. The van der Waals surface area contributed by atoms with Crippen molar-refractivity contribution in [2.45, 2.75) is 18.1 Å². The van der Waals surface area contributed by atoms with E-state index >= 15 is 0 Å². The highest BCUT2D eigenvalue weighted by Gasteiger charge is 2.63. The highest BCUT2D eigenvalue weighted by molar-refractivity contribution is 5.93. The van der Waals surface area contributed by atoms with Crippen molar-refractivity contribution >= 4 is 5.91 Å². The van der Waals surface area contributed by atoms with Crippen molar-refractivity contribution in [1.29, 1.82) is 0 Å². The standard InChI is InChI=1S/C17H15NO2/c19-15-16(20)18-11-10-12-6-4-5-9-14(12)17(15,18)13-7-2-1-3-8-13/h1-9,15,19H,10-11H2. The summed E-state index contributed by atoms with van der Waals surface area (Å²) in [4.78, 5) is 13.9. The molecule has 2 unspecified atom stereocenters. The molecule has 1 fully saturated rings. The van der Waals surface area contributed by atoms with Crippen LogP contribution in [0.1, 0.15) is 16.7 Å². The summed E-state index contributed by atoms with van der Waals surface area (Å²) in [5.74, 6) is -0.164. The summed E-state index contributed by atoms with van der Waals surface area (Å²) in [5, 5.41) is 10.5. The Bertz CT molecular complexity index is 682. The van der Waals surface area contributed by atoms with E-state index in [1.54, 1.807) is 0 Å². The van der Waals surface area contributed by atoms with Gasteiger partial charge in [0.2, 0.25) is 0 Å². The number of hydrogen-bond acceptors (Lipinski definition) is 2. The molecule has 0 aliphatic carbocycles. The van der Waals surface area contributed by atoms with Crippen LogP contribution in [-0.2, 0) is 16.8 Å². The van der Waals surface area contributed by atoms with Gasteiger partial charge in [0.15, 0.2) is 6.10 Å². The van der Waals surface area contributed by atoms with Crippen LogP contribution in [0.2, 0.25) is 0 Å². The van der Waals surface area contributed by atoms with Crippen LogP contribution in [0, 0.1) is 0 Å². The molecule has 0 bridgehead atoms. The van der Waals surface area contributed by atoms with Gasteiger partial charge in [-0.25, -0.2) is 0 Å². The molecule has 0 aromatic heterocycles. The summed E-state index contributed by atoms with van der Waals surface area (Å²) in [6.45, 7) is 0.668. The number of aliphatic hydroxyl groups excluding tert-OH is 1. The number of aliphatic hydroxyl groups is 1. The first-order chi connectivity index (χ1) is 9.76. The van der Waals surface area contributed by atoms with Crippen LogP contribution < -0.4 is 0 Å². The van der Waals surface area contributed by atoms with Crippen LogP contribution in [0.4, 0.5) is 0 Å². The van der Waals surface area contributed by atoms with Crippen LogP contribution in [0.25, 0.3) is 0 Å². The lowest BCUT2D eigenvalue weighted by Crippen LogP contribution is -2.74. The van der Waals surface area contributed by atoms with Gasteiger partial charge in [0, 0.05) is 6.54 Å². The molecule has 2 aromatic rings. The Morgan fingerprint density at radius 3 is 2.55 bits per heavy atom. The summed E-state index contributed by atoms with van der Waals surface area (Å²) < 4.78 is 0. The Hall–Kier alpha value is -2.13. The van der Waals surface area contributed by atoms with Crippen LogP contribution in [-0.4, -0.2) is 28.6 Å². The topological polar surface area (TPSA) is 40.5 Å². The lowest BCUT2D eigenvalue weighted by molar-refractivity contribution is -0.182. The molecule has 0 spiro atoms. The van der Waals surface area contributed by atoms with Gasteiger partial charge in [-0.05, 0) is 23.1 Å². The number of rotatable bonds is 1. The molecule has 2 atom stereocenters. The molecule has 2 aromatic carbocycles. The molecule has 1 N–H and O–H groups in total. The van der Waals surface area contributed by atoms with E-state index in [4.69, 9.17) is 0 Å². The van der Waals surface area contributed by atoms with E-state index in [0.717, 1.165) is 17.5 Å². The van der Waals surface area contributed by atoms with Crippen LogP contribution in [0.15, 0.2) is 54.6 Å². The second-order valence-electron chi connectivity index (χ2n) is 5.43. The predicted octanol–water partition coefficient (Wildman–Crippen LogP) is 1.69. The zero-order valence-electron chi connectivity index (χ0n) is 11.0. The van der Waals surface area contributed by atoms with Gasteiger partial charge in [0.25, 0.3) is 5.91 Å². The lowest BCUT2D eigenvalue weighted by Gasteiger charge is -2.58. The first-order valence-corrected chi connectivity index (χ1v) is 6.89. The monoisotopic (exact) mass is 265 g/mol. The van der Waals surface area contributed by atoms with Crippen molar-refractivity contribution in [2.75, 3.05) is 6.54 Å². The zero-order chi connectivity index (χ0) is 13.7. The largest absolute Gasteiger partial charge is 0.380 e. The van der Waals surface area contributed by atoms with E-state index in [9.17, 15) is 9.90 Å². The molecule has 4 rings (SSSR count). The van der Waals surface area contributed by atoms with Crippen molar-refractivity contribution in [3.05, 3.63) is 71.3 Å². The van der Waals surface area contributed by atoms with Gasteiger partial charge in [-0.3, -0.25) is 4.79 Å². The number of carbonyl (C=O) groups is 1. The molecule has 2 aliphatic rings. The van der Waals surface area contributed by atoms with Gasteiger partial charge in [-0.1, -0.05) is 54.6 Å². The summed E-state index contributed by atoms with van der Waals surface area (Å²) in [5.41, 5.74) is 2.58. The number of hydrogen-bond donors (Lipinski definition) is 1. The predicted molar refractivity (Wildman–Crippen MR) is 75.1 cm³/mol. The van der Waals surface area contributed by atoms with Gasteiger partial charge in [0.1, 0.15) is 5.54 Å². The number of β-lactam (4-membered cyclic amide) rings is 1. The summed E-state index contributed by atoms with van der Waals surface area (Å²) in [7, 11) is 0. The highest BCUT2D eigenvalue weighted by Crippen LogP contribution is 2.50. The van der Waals surface area contributed by atoms with Gasteiger partial charge in [0.05, 0.1) is 0 Å². The van der Waals surface area contributed by atoms with E-state index in [2.05, 4.69) is 6.07 Å². The molecule has 1 amide bonds. The quantitative estimate of drug-likeness (QED) is 0.797. The van der Waals surface area contributed by atoms with Crippen molar-refractivity contribution in [2.24, 2.45) is 0 Å². The Balaban J connectivity index is 2.00. The highest BCUT2D eigenvalue weighted by atomic mass is 16.3. The third-order valence-electron chi connectivity index (χ3n) is 4.57. The fraction of sp³-hybridized carbons (Fsp3) is 0.235. The molecule has 0 radical (unpaired) electrons. The fourth-order valence-electron chi connectivity index (χ4n) is 3.66. The van der Waals surface area contributed by atoms with Crippen molar-refractivity contribution < 1.29 is 9.90 Å². The molecule has 3 nitrogen and oxygen atoms in total. The maximum absolute atomic E-state index is 12.1. The summed E-state index contributed by atoms with van der Waals surface area (Å²) in [6.07, 6.45) is -0.130. The minimum absolute atomic E-state index is 0.164. The van der Waals surface area contributed by atoms with Gasteiger partial charge >= 0.3 is 0 Å². The second-order valence-corrected chi connectivity index (χ2v) is 5.43. The van der Waals surface area contributed by atoms with E-state index in [1.165, 1.54) is 5.56 Å². The zero-order valence-corrected chi connectivity index (χ0v) is 11.0. The molecule has 3 heteroatoms. The minimum Gasteiger partial charge on any atom is -0.380 e. The Morgan fingerprint density at radius 1 is 1.05 bits per heavy atom. The Kier molecular flexibility index (Phi) is 2.30. The third-order valence-corrected chi connectivity index (χ3v) is 4.57. The van der Waals surface area contributed by atoms with E-state index < -0.39 is 11.6 Å². The molecule has 1 saturated heterocycles. The van der Waals surface area contributed by atoms with Crippen molar-refractivity contribution in [1.82, 2.24) is 4.90 Å². The first kappa shape index (κ1) is 11.7. The average molecular weight is 265 g/mol. The minimum atomic E-state index is -0.980. The third kappa shape index (κ3) is 1.21. The molecule has 2 aliphatic heterocycles. The maximum atomic E-state index is 12.1. The maximum Gasteiger partial charge on any atom is 0.255 e. The van der Waals surface area contributed by atoms with Gasteiger partial charge in [-0.15, -0.1) is 0 Å². The van der Waals surface area contributed by atoms with Crippen LogP contribution >= 0.6 is 0 Å². The molecule has 100 valence electrons. The Labute approximate surface area is 117 Å². The smallest absolute Gasteiger partial charge is 0.255 e. The van der Waals surface area contributed by atoms with Crippen molar-refractivity contribution in [3.63, 3.8) is 0 Å². The number of amides is 1. The van der Waals surface area contributed by atoms with Crippen molar-refractivity contribution in [3.8, 4) is 0 Å². The first-order valence-electron chi connectivity index (χ1n) is 6.89. The summed E-state index contributed by atoms with van der Waals surface area (Å²) >= 11 is 0. The number of fused-ring (bicyclic) bond motifs is 3. The molecule has 20 heavy (non-hydrogen) atoms. The average Bonchev–Trinajstić information content (AvgIpc) is 2.53. The molecular formula is C17H15NO2. The van der Waals surface area contributed by atoms with E-state index in [1.807, 2.05) is 53.4 Å². The fourth-order valence-corrected chi connectivity index (χ4v) is 3.66. The number of nitrogens with zero attached hydrogens (tertiary/aromatic N) is 1. The molecule has 0 saturated carbocycles. The molecule has 2 heterocycles. The summed E-state index contributed by atoms with van der Waals surface area (Å²) in [6, 6.07) is 17.9. The van der Waals surface area contributed by atoms with E-state index in [-0.39, 0.29) is 5.91 Å². The SMILES string of the molecule is O=C1C(O)C2(c3ccccc3)c3ccccc3CCN12. The van der Waals surface area contributed by atoms with Gasteiger partial charge in [-0.2, -0.15) is 0 Å².